The van der Waals surface area contributed by atoms with Gasteiger partial charge in [-0.15, -0.1) is 0 Å². The molecule has 1 amide bonds. The number of amides is 1. The third-order valence-electron chi connectivity index (χ3n) is 4.97. The maximum atomic E-state index is 12.5. The molecule has 0 saturated carbocycles. The van der Waals surface area contributed by atoms with Gasteiger partial charge in [-0.3, -0.25) is 9.69 Å². The molecule has 0 spiro atoms. The monoisotopic (exact) mass is 372 g/mol. The lowest BCUT2D eigenvalue weighted by Crippen LogP contribution is -2.51. The molecule has 1 aliphatic carbocycles. The summed E-state index contributed by atoms with van der Waals surface area (Å²) in [6.07, 6.45) is 5.34. The topological polar surface area (TPSA) is 67.9 Å². The zero-order valence-corrected chi connectivity index (χ0v) is 16.4. The van der Waals surface area contributed by atoms with Gasteiger partial charge in [0.15, 0.2) is 0 Å². The molecule has 146 valence electrons. The van der Waals surface area contributed by atoms with Crippen molar-refractivity contribution in [2.24, 2.45) is 0 Å². The minimum absolute atomic E-state index is 0.140. The van der Waals surface area contributed by atoms with Crippen LogP contribution in [0.3, 0.4) is 0 Å². The number of carbonyl (C=O) groups is 2. The number of ether oxygens (including phenoxy) is 2. The van der Waals surface area contributed by atoms with Gasteiger partial charge >= 0.3 is 12.1 Å². The highest BCUT2D eigenvalue weighted by Crippen LogP contribution is 2.35. The van der Waals surface area contributed by atoms with Crippen LogP contribution in [0.15, 0.2) is 30.3 Å². The first-order valence-electron chi connectivity index (χ1n) is 9.40. The Hall–Kier alpha value is -2.34. The molecule has 6 nitrogen and oxygen atoms in total. The van der Waals surface area contributed by atoms with Crippen LogP contribution in [0.25, 0.3) is 6.08 Å². The van der Waals surface area contributed by atoms with Crippen molar-refractivity contribution < 1.29 is 19.1 Å². The van der Waals surface area contributed by atoms with Crippen molar-refractivity contribution in [3.8, 4) is 0 Å². The lowest BCUT2D eigenvalue weighted by Gasteiger charge is -2.38. The Morgan fingerprint density at radius 1 is 1.22 bits per heavy atom. The van der Waals surface area contributed by atoms with E-state index in [9.17, 15) is 9.59 Å². The van der Waals surface area contributed by atoms with Crippen LogP contribution in [-0.4, -0.2) is 48.3 Å². The van der Waals surface area contributed by atoms with E-state index < -0.39 is 11.7 Å². The summed E-state index contributed by atoms with van der Waals surface area (Å²) in [5.74, 6) is -0.226. The van der Waals surface area contributed by atoms with E-state index in [4.69, 9.17) is 9.47 Å². The van der Waals surface area contributed by atoms with Gasteiger partial charge in [-0.25, -0.2) is 4.79 Å². The quantitative estimate of drug-likeness (QED) is 0.825. The van der Waals surface area contributed by atoms with Crippen molar-refractivity contribution in [1.82, 2.24) is 10.2 Å². The molecule has 0 bridgehead atoms. The lowest BCUT2D eigenvalue weighted by molar-refractivity contribution is -0.146. The Morgan fingerprint density at radius 2 is 1.96 bits per heavy atom. The molecule has 1 heterocycles. The summed E-state index contributed by atoms with van der Waals surface area (Å²) < 4.78 is 10.5. The fourth-order valence-corrected chi connectivity index (χ4v) is 3.88. The Balaban J connectivity index is 1.90. The molecule has 27 heavy (non-hydrogen) atoms. The molecule has 1 saturated heterocycles. The molecule has 3 atom stereocenters. The largest absolute Gasteiger partial charge is 0.468 e. The van der Waals surface area contributed by atoms with E-state index in [0.29, 0.717) is 0 Å². The maximum absolute atomic E-state index is 12.5. The van der Waals surface area contributed by atoms with Gasteiger partial charge in [0.2, 0.25) is 0 Å². The van der Waals surface area contributed by atoms with Gasteiger partial charge in [0.25, 0.3) is 0 Å². The number of methoxy groups -OCH3 is 1. The van der Waals surface area contributed by atoms with Crippen LogP contribution >= 0.6 is 0 Å². The number of nitrogens with zero attached hydrogens (tertiary/aromatic N) is 1. The van der Waals surface area contributed by atoms with Crippen LogP contribution in [0.2, 0.25) is 0 Å². The fourth-order valence-electron chi connectivity index (χ4n) is 3.88. The van der Waals surface area contributed by atoms with Gasteiger partial charge in [0.1, 0.15) is 11.6 Å². The molecule has 0 radical (unpaired) electrons. The number of rotatable bonds is 3. The van der Waals surface area contributed by atoms with Crippen LogP contribution in [-0.2, 0) is 14.3 Å². The van der Waals surface area contributed by atoms with Gasteiger partial charge in [0, 0.05) is 0 Å². The summed E-state index contributed by atoms with van der Waals surface area (Å²) in [5, 5.41) is 3.03. The van der Waals surface area contributed by atoms with Crippen LogP contribution in [0.1, 0.15) is 50.8 Å². The molecular weight excluding hydrogens is 344 g/mol. The smallest absolute Gasteiger partial charge is 0.408 e. The van der Waals surface area contributed by atoms with E-state index in [1.54, 1.807) is 0 Å². The highest BCUT2D eigenvalue weighted by atomic mass is 16.6. The van der Waals surface area contributed by atoms with Crippen LogP contribution in [0, 0.1) is 0 Å². The van der Waals surface area contributed by atoms with Crippen LogP contribution in [0.5, 0.6) is 0 Å². The molecule has 1 fully saturated rings. The molecule has 2 aliphatic rings. The Morgan fingerprint density at radius 3 is 2.67 bits per heavy atom. The zero-order valence-electron chi connectivity index (χ0n) is 16.4. The number of benzene rings is 1. The van der Waals surface area contributed by atoms with E-state index in [0.717, 1.165) is 30.5 Å². The normalized spacial score (nSPS) is 25.0. The summed E-state index contributed by atoms with van der Waals surface area (Å²) >= 11 is 0. The summed E-state index contributed by atoms with van der Waals surface area (Å²) in [6.45, 7) is 6.30. The van der Waals surface area contributed by atoms with Gasteiger partial charge in [0.05, 0.1) is 19.2 Å². The first kappa shape index (κ1) is 19.4. The van der Waals surface area contributed by atoms with Crippen molar-refractivity contribution >= 4 is 18.1 Å². The van der Waals surface area contributed by atoms with Gasteiger partial charge in [-0.05, 0) is 51.3 Å². The van der Waals surface area contributed by atoms with E-state index >= 15 is 0 Å². The second-order valence-corrected chi connectivity index (χ2v) is 8.02. The third kappa shape index (κ3) is 4.33. The number of nitrogens with one attached hydrogen (secondary N) is 1. The number of hydrogen-bond acceptors (Lipinski definition) is 5. The summed E-state index contributed by atoms with van der Waals surface area (Å²) in [4.78, 5) is 26.9. The van der Waals surface area contributed by atoms with Crippen molar-refractivity contribution in [2.45, 2.75) is 57.3 Å². The Labute approximate surface area is 160 Å². The first-order chi connectivity index (χ1) is 12.8. The number of alkyl carbamates (subject to hydrolysis) is 1. The summed E-state index contributed by atoms with van der Waals surface area (Å²) in [7, 11) is 1.42. The summed E-state index contributed by atoms with van der Waals surface area (Å²) in [5.41, 5.74) is 1.50. The number of likely N-dealkylation sites (tertiary alicyclic amines) is 1. The molecule has 3 rings (SSSR count). The predicted octanol–water partition coefficient (Wildman–Crippen LogP) is 3.29. The molecule has 1 aromatic carbocycles. The molecule has 6 heteroatoms. The van der Waals surface area contributed by atoms with Crippen molar-refractivity contribution in [1.29, 1.82) is 0 Å². The second-order valence-electron chi connectivity index (χ2n) is 8.02. The average Bonchev–Trinajstić information content (AvgIpc) is 3.09. The number of fused-ring (bicyclic) bond motifs is 1. The molecule has 1 N–H and O–H groups in total. The molecule has 0 aromatic heterocycles. The highest BCUT2D eigenvalue weighted by Gasteiger charge is 2.41. The molecule has 0 unspecified atom stereocenters. The van der Waals surface area contributed by atoms with E-state index in [-0.39, 0.29) is 24.1 Å². The lowest BCUT2D eigenvalue weighted by atomic mass is 9.88. The summed E-state index contributed by atoms with van der Waals surface area (Å²) in [6, 6.07) is 7.23. The van der Waals surface area contributed by atoms with Gasteiger partial charge in [-0.1, -0.05) is 36.4 Å². The Kier molecular flexibility index (Phi) is 5.56. The van der Waals surface area contributed by atoms with Crippen molar-refractivity contribution in [3.63, 3.8) is 0 Å². The Bertz CT molecular complexity index is 738. The maximum Gasteiger partial charge on any atom is 0.408 e. The van der Waals surface area contributed by atoms with Crippen molar-refractivity contribution in [2.75, 3.05) is 13.7 Å². The minimum Gasteiger partial charge on any atom is -0.468 e. The minimum atomic E-state index is -0.578. The first-order valence-corrected chi connectivity index (χ1v) is 9.40. The molecule has 1 aromatic rings. The fraction of sp³-hybridized carbons (Fsp3) is 0.524. The standard InChI is InChI=1S/C21H28N2O4/c1-21(2,3)27-20(25)22-18-15-9-6-5-8-14(15)11-12-16(18)23-13-7-10-17(23)19(24)26-4/h5-6,8-9,11-12,16-18H,7,10,13H2,1-4H3,(H,22,25)/t16-,17-,18-/m0/s1. The van der Waals surface area contributed by atoms with Crippen LogP contribution < -0.4 is 5.32 Å². The number of hydrogen-bond donors (Lipinski definition) is 1. The molecular formula is C21H28N2O4. The zero-order chi connectivity index (χ0) is 19.6. The van der Waals surface area contributed by atoms with E-state index in [2.05, 4.69) is 22.4 Å². The predicted molar refractivity (Wildman–Crippen MR) is 103 cm³/mol. The van der Waals surface area contributed by atoms with E-state index in [1.165, 1.54) is 7.11 Å². The number of carbonyl (C=O) groups excluding carboxylic acids is 2. The van der Waals surface area contributed by atoms with Crippen LogP contribution in [0.4, 0.5) is 4.79 Å². The average molecular weight is 372 g/mol. The third-order valence-corrected chi connectivity index (χ3v) is 4.97. The number of esters is 1. The van der Waals surface area contributed by atoms with Gasteiger partial charge in [-0.2, -0.15) is 0 Å². The second kappa shape index (κ2) is 7.72. The van der Waals surface area contributed by atoms with Crippen molar-refractivity contribution in [3.05, 3.63) is 41.5 Å². The van der Waals surface area contributed by atoms with E-state index in [1.807, 2.05) is 45.0 Å². The SMILES string of the molecule is COC(=O)[C@@H]1CCCN1[C@H]1C=Cc2ccccc2[C@@H]1NC(=O)OC(C)(C)C. The van der Waals surface area contributed by atoms with Gasteiger partial charge < -0.3 is 14.8 Å². The molecule has 1 aliphatic heterocycles. The highest BCUT2D eigenvalue weighted by molar-refractivity contribution is 5.76.